The van der Waals surface area contributed by atoms with E-state index in [1.54, 1.807) is 0 Å². The summed E-state index contributed by atoms with van der Waals surface area (Å²) >= 11 is 6.96. The van der Waals surface area contributed by atoms with Crippen LogP contribution in [0, 0.1) is 0 Å². The molecule has 28 heavy (non-hydrogen) atoms. The first kappa shape index (κ1) is 19.2. The molecule has 0 aromatic heterocycles. The minimum absolute atomic E-state index is 0.0763. The molecular formula is C23H24N2OS2. The Bertz CT molecular complexity index is 887. The maximum absolute atomic E-state index is 12.9. The Kier molecular flexibility index (Phi) is 5.83. The molecule has 2 aromatic carbocycles. The molecule has 1 aliphatic carbocycles. The van der Waals surface area contributed by atoms with Crippen LogP contribution in [-0.2, 0) is 4.79 Å². The SMILES string of the molecule is CN(c1ccccc1)c1ccc(/C=C2\SC(=S)N(C3CCCCC3)C2=O)cc1. The molecule has 2 fully saturated rings. The number of para-hydroxylation sites is 1. The molecule has 0 bridgehead atoms. The normalized spacial score (nSPS) is 19.5. The molecule has 0 unspecified atom stereocenters. The molecule has 0 N–H and O–H groups in total. The van der Waals surface area contributed by atoms with E-state index in [2.05, 4.69) is 48.3 Å². The zero-order valence-electron chi connectivity index (χ0n) is 16.0. The van der Waals surface area contributed by atoms with Crippen LogP contribution < -0.4 is 4.90 Å². The molecule has 2 aliphatic rings. The Labute approximate surface area is 176 Å². The van der Waals surface area contributed by atoms with Crippen LogP contribution >= 0.6 is 24.0 Å². The second-order valence-corrected chi connectivity index (χ2v) is 9.01. The molecule has 0 atom stereocenters. The van der Waals surface area contributed by atoms with Crippen molar-refractivity contribution in [3.8, 4) is 0 Å². The molecule has 5 heteroatoms. The van der Waals surface area contributed by atoms with E-state index in [0.717, 1.165) is 34.7 Å². The van der Waals surface area contributed by atoms with Gasteiger partial charge in [-0.15, -0.1) is 0 Å². The van der Waals surface area contributed by atoms with Gasteiger partial charge in [0.1, 0.15) is 4.32 Å². The van der Waals surface area contributed by atoms with E-state index in [0.29, 0.717) is 4.32 Å². The number of thioether (sulfide) groups is 1. The van der Waals surface area contributed by atoms with E-state index in [1.807, 2.05) is 29.2 Å². The topological polar surface area (TPSA) is 23.6 Å². The van der Waals surface area contributed by atoms with Crippen LogP contribution in [0.2, 0.25) is 0 Å². The average molecular weight is 409 g/mol. The quantitative estimate of drug-likeness (QED) is 0.458. The van der Waals surface area contributed by atoms with E-state index in [4.69, 9.17) is 12.2 Å². The predicted molar refractivity (Wildman–Crippen MR) is 123 cm³/mol. The molecule has 0 radical (unpaired) electrons. The summed E-state index contributed by atoms with van der Waals surface area (Å²) in [6.45, 7) is 0. The molecule has 0 spiro atoms. The summed E-state index contributed by atoms with van der Waals surface area (Å²) in [5.74, 6) is 0.0763. The average Bonchev–Trinajstić information content (AvgIpc) is 3.02. The number of hydrogen-bond donors (Lipinski definition) is 0. The summed E-state index contributed by atoms with van der Waals surface area (Å²) in [6, 6.07) is 18.8. The predicted octanol–water partition coefficient (Wildman–Crippen LogP) is 5.99. The van der Waals surface area contributed by atoms with Crippen molar-refractivity contribution in [2.75, 3.05) is 11.9 Å². The van der Waals surface area contributed by atoms with E-state index < -0.39 is 0 Å². The first-order valence-corrected chi connectivity index (χ1v) is 11.0. The maximum Gasteiger partial charge on any atom is 0.266 e. The third-order valence-electron chi connectivity index (χ3n) is 5.49. The minimum Gasteiger partial charge on any atom is -0.345 e. The van der Waals surface area contributed by atoms with Crippen molar-refractivity contribution in [2.45, 2.75) is 38.1 Å². The molecule has 1 aliphatic heterocycles. The van der Waals surface area contributed by atoms with E-state index in [9.17, 15) is 4.79 Å². The van der Waals surface area contributed by atoms with Crippen LogP contribution in [-0.4, -0.2) is 28.2 Å². The van der Waals surface area contributed by atoms with Crippen molar-refractivity contribution in [2.24, 2.45) is 0 Å². The fraction of sp³-hybridized carbons (Fsp3) is 0.304. The van der Waals surface area contributed by atoms with Gasteiger partial charge in [-0.3, -0.25) is 9.69 Å². The summed E-state index contributed by atoms with van der Waals surface area (Å²) in [5, 5.41) is 0. The van der Waals surface area contributed by atoms with Crippen molar-refractivity contribution < 1.29 is 4.79 Å². The Balaban J connectivity index is 1.50. The first-order chi connectivity index (χ1) is 13.6. The molecular weight excluding hydrogens is 384 g/mol. The molecule has 1 heterocycles. The summed E-state index contributed by atoms with van der Waals surface area (Å²) in [4.78, 5) is 17.7. The number of amides is 1. The van der Waals surface area contributed by atoms with Crippen LogP contribution in [0.1, 0.15) is 37.7 Å². The molecule has 3 nitrogen and oxygen atoms in total. The Morgan fingerprint density at radius 1 is 1.00 bits per heavy atom. The van der Waals surface area contributed by atoms with Crippen molar-refractivity contribution >= 4 is 51.7 Å². The Morgan fingerprint density at radius 2 is 1.64 bits per heavy atom. The largest absolute Gasteiger partial charge is 0.345 e. The second-order valence-electron chi connectivity index (χ2n) is 7.33. The number of rotatable bonds is 4. The van der Waals surface area contributed by atoms with Crippen molar-refractivity contribution in [1.29, 1.82) is 0 Å². The monoisotopic (exact) mass is 408 g/mol. The molecule has 144 valence electrons. The van der Waals surface area contributed by atoms with Gasteiger partial charge in [0.05, 0.1) is 4.91 Å². The smallest absolute Gasteiger partial charge is 0.266 e. The molecule has 1 amide bonds. The van der Waals surface area contributed by atoms with Crippen LogP contribution in [0.4, 0.5) is 11.4 Å². The van der Waals surface area contributed by atoms with Gasteiger partial charge in [0, 0.05) is 24.5 Å². The van der Waals surface area contributed by atoms with Crippen molar-refractivity contribution in [1.82, 2.24) is 4.90 Å². The highest BCUT2D eigenvalue weighted by atomic mass is 32.2. The highest BCUT2D eigenvalue weighted by molar-refractivity contribution is 8.26. The van der Waals surface area contributed by atoms with Gasteiger partial charge in [0.25, 0.3) is 5.91 Å². The lowest BCUT2D eigenvalue weighted by atomic mass is 9.94. The van der Waals surface area contributed by atoms with Gasteiger partial charge in [-0.25, -0.2) is 0 Å². The van der Waals surface area contributed by atoms with Gasteiger partial charge >= 0.3 is 0 Å². The number of thiocarbonyl (C=S) groups is 1. The van der Waals surface area contributed by atoms with E-state index in [-0.39, 0.29) is 11.9 Å². The molecule has 1 saturated carbocycles. The van der Waals surface area contributed by atoms with Gasteiger partial charge in [-0.05, 0) is 48.7 Å². The number of nitrogens with zero attached hydrogens (tertiary/aromatic N) is 2. The van der Waals surface area contributed by atoms with Crippen LogP contribution in [0.3, 0.4) is 0 Å². The number of anilines is 2. The van der Waals surface area contributed by atoms with Gasteiger partial charge in [0.2, 0.25) is 0 Å². The van der Waals surface area contributed by atoms with E-state index >= 15 is 0 Å². The Morgan fingerprint density at radius 3 is 2.32 bits per heavy atom. The molecule has 4 rings (SSSR count). The zero-order valence-corrected chi connectivity index (χ0v) is 17.6. The fourth-order valence-electron chi connectivity index (χ4n) is 3.88. The Hall–Kier alpha value is -2.11. The number of benzene rings is 2. The number of hydrogen-bond acceptors (Lipinski definition) is 4. The van der Waals surface area contributed by atoms with Crippen molar-refractivity contribution in [3.63, 3.8) is 0 Å². The van der Waals surface area contributed by atoms with Gasteiger partial charge in [-0.2, -0.15) is 0 Å². The first-order valence-electron chi connectivity index (χ1n) is 9.79. The minimum atomic E-state index is 0.0763. The highest BCUT2D eigenvalue weighted by Gasteiger charge is 2.37. The summed E-state index contributed by atoms with van der Waals surface area (Å²) in [7, 11) is 2.06. The third kappa shape index (κ3) is 4.01. The number of carbonyl (C=O) groups excluding carboxylic acids is 1. The lowest BCUT2D eigenvalue weighted by Gasteiger charge is -2.29. The van der Waals surface area contributed by atoms with Crippen LogP contribution in [0.15, 0.2) is 59.5 Å². The third-order valence-corrected chi connectivity index (χ3v) is 6.82. The molecule has 2 aromatic rings. The second kappa shape index (κ2) is 8.50. The molecule has 1 saturated heterocycles. The standard InChI is InChI=1S/C23H24N2OS2/c1-24(18-8-4-2-5-9-18)19-14-12-17(13-15-19)16-21-22(26)25(23(27)28-21)20-10-6-3-7-11-20/h2,4-5,8-9,12-16,20H,3,6-7,10-11H2,1H3/b21-16-. The van der Waals surface area contributed by atoms with Gasteiger partial charge in [0.15, 0.2) is 0 Å². The highest BCUT2D eigenvalue weighted by Crippen LogP contribution is 2.37. The maximum atomic E-state index is 12.9. The van der Waals surface area contributed by atoms with Crippen molar-refractivity contribution in [3.05, 3.63) is 65.1 Å². The van der Waals surface area contributed by atoms with Gasteiger partial charge < -0.3 is 4.90 Å². The summed E-state index contributed by atoms with van der Waals surface area (Å²) in [6.07, 6.45) is 7.76. The lowest BCUT2D eigenvalue weighted by molar-refractivity contribution is -0.124. The number of carbonyl (C=O) groups is 1. The zero-order chi connectivity index (χ0) is 19.5. The summed E-state index contributed by atoms with van der Waals surface area (Å²) < 4.78 is 0.712. The van der Waals surface area contributed by atoms with Crippen LogP contribution in [0.25, 0.3) is 6.08 Å². The summed E-state index contributed by atoms with van der Waals surface area (Å²) in [5.41, 5.74) is 3.27. The van der Waals surface area contributed by atoms with E-state index in [1.165, 1.54) is 31.0 Å². The lowest BCUT2D eigenvalue weighted by Crippen LogP contribution is -2.39. The van der Waals surface area contributed by atoms with Gasteiger partial charge in [-0.1, -0.05) is 73.6 Å². The fourth-order valence-corrected chi connectivity index (χ4v) is 5.28. The van der Waals surface area contributed by atoms with Crippen LogP contribution in [0.5, 0.6) is 0 Å².